The van der Waals surface area contributed by atoms with Gasteiger partial charge in [0, 0.05) is 12.2 Å². The van der Waals surface area contributed by atoms with Gasteiger partial charge in [-0.3, -0.25) is 4.79 Å². The fourth-order valence-corrected chi connectivity index (χ4v) is 2.74. The highest BCUT2D eigenvalue weighted by Gasteiger charge is 2.51. The molecule has 0 aromatic heterocycles. The van der Waals surface area contributed by atoms with Crippen LogP contribution in [0.15, 0.2) is 54.6 Å². The summed E-state index contributed by atoms with van der Waals surface area (Å²) in [7, 11) is 1.92. The number of amides is 1. The van der Waals surface area contributed by atoms with E-state index in [1.165, 1.54) is 5.56 Å². The van der Waals surface area contributed by atoms with Gasteiger partial charge < -0.3 is 10.6 Å². The quantitative estimate of drug-likeness (QED) is 0.883. The largest absolute Gasteiger partial charge is 0.325 e. The van der Waals surface area contributed by atoms with E-state index in [4.69, 9.17) is 0 Å². The topological polar surface area (TPSA) is 41.1 Å². The Bertz CT molecular complexity index is 633. The summed E-state index contributed by atoms with van der Waals surface area (Å²) in [4.78, 5) is 12.6. The predicted octanol–water partition coefficient (Wildman–Crippen LogP) is 3.08. The van der Waals surface area contributed by atoms with Gasteiger partial charge in [0.1, 0.15) is 0 Å². The van der Waals surface area contributed by atoms with Gasteiger partial charge in [-0.05, 0) is 43.1 Å². The van der Waals surface area contributed by atoms with Crippen LogP contribution in [-0.2, 0) is 16.8 Å². The van der Waals surface area contributed by atoms with Crippen LogP contribution in [-0.4, -0.2) is 13.0 Å². The zero-order chi connectivity index (χ0) is 14.7. The lowest BCUT2D eigenvalue weighted by atomic mass is 9.95. The lowest BCUT2D eigenvalue weighted by Gasteiger charge is -2.16. The second-order valence-corrected chi connectivity index (χ2v) is 5.63. The van der Waals surface area contributed by atoms with Crippen molar-refractivity contribution in [1.82, 2.24) is 5.32 Å². The summed E-state index contributed by atoms with van der Waals surface area (Å²) in [6, 6.07) is 18.1. The van der Waals surface area contributed by atoms with E-state index >= 15 is 0 Å². The van der Waals surface area contributed by atoms with E-state index in [9.17, 15) is 4.79 Å². The number of benzene rings is 2. The zero-order valence-corrected chi connectivity index (χ0v) is 12.2. The van der Waals surface area contributed by atoms with Crippen LogP contribution in [0.1, 0.15) is 24.0 Å². The van der Waals surface area contributed by atoms with Crippen molar-refractivity contribution in [3.8, 4) is 0 Å². The summed E-state index contributed by atoms with van der Waals surface area (Å²) >= 11 is 0. The SMILES string of the molecule is CNCc1cccc(NC(=O)C2(c3ccccc3)CC2)c1. The fourth-order valence-electron chi connectivity index (χ4n) is 2.74. The molecule has 2 aromatic carbocycles. The molecule has 1 aliphatic rings. The van der Waals surface area contributed by atoms with Crippen molar-refractivity contribution in [2.45, 2.75) is 24.8 Å². The molecule has 0 atom stereocenters. The Labute approximate surface area is 125 Å². The summed E-state index contributed by atoms with van der Waals surface area (Å²) in [5.41, 5.74) is 2.84. The van der Waals surface area contributed by atoms with Gasteiger partial charge in [0.05, 0.1) is 5.41 Å². The van der Waals surface area contributed by atoms with E-state index in [0.29, 0.717) is 0 Å². The minimum Gasteiger partial charge on any atom is -0.325 e. The van der Waals surface area contributed by atoms with Crippen molar-refractivity contribution in [1.29, 1.82) is 0 Å². The molecule has 3 rings (SSSR count). The normalized spacial score (nSPS) is 15.5. The molecule has 2 aromatic rings. The highest BCUT2D eigenvalue weighted by molar-refractivity contribution is 6.01. The molecule has 0 unspecified atom stereocenters. The molecule has 108 valence electrons. The smallest absolute Gasteiger partial charge is 0.235 e. The van der Waals surface area contributed by atoms with Crippen molar-refractivity contribution >= 4 is 11.6 Å². The number of nitrogens with one attached hydrogen (secondary N) is 2. The third-order valence-electron chi connectivity index (χ3n) is 4.08. The lowest BCUT2D eigenvalue weighted by molar-refractivity contribution is -0.118. The molecule has 2 N–H and O–H groups in total. The molecular formula is C18H20N2O. The number of anilines is 1. The Kier molecular flexibility index (Phi) is 3.76. The van der Waals surface area contributed by atoms with Gasteiger partial charge in [-0.1, -0.05) is 42.5 Å². The minimum absolute atomic E-state index is 0.107. The lowest BCUT2D eigenvalue weighted by Crippen LogP contribution is -2.27. The first-order valence-corrected chi connectivity index (χ1v) is 7.35. The highest BCUT2D eigenvalue weighted by Crippen LogP contribution is 2.48. The van der Waals surface area contributed by atoms with Crippen LogP contribution < -0.4 is 10.6 Å². The number of hydrogen-bond donors (Lipinski definition) is 2. The molecular weight excluding hydrogens is 260 g/mol. The van der Waals surface area contributed by atoms with Gasteiger partial charge >= 0.3 is 0 Å². The molecule has 1 saturated carbocycles. The zero-order valence-electron chi connectivity index (χ0n) is 12.2. The van der Waals surface area contributed by atoms with Crippen molar-refractivity contribution in [2.24, 2.45) is 0 Å². The average molecular weight is 280 g/mol. The van der Waals surface area contributed by atoms with E-state index in [1.807, 2.05) is 55.6 Å². The maximum atomic E-state index is 12.6. The summed E-state index contributed by atoms with van der Waals surface area (Å²) in [5, 5.41) is 6.20. The van der Waals surface area contributed by atoms with E-state index < -0.39 is 0 Å². The van der Waals surface area contributed by atoms with Gasteiger partial charge in [0.15, 0.2) is 0 Å². The van der Waals surface area contributed by atoms with Crippen molar-refractivity contribution in [3.05, 3.63) is 65.7 Å². The Balaban J connectivity index is 1.76. The molecule has 1 aliphatic carbocycles. The molecule has 3 nitrogen and oxygen atoms in total. The summed E-state index contributed by atoms with van der Waals surface area (Å²) < 4.78 is 0. The summed E-state index contributed by atoms with van der Waals surface area (Å²) in [6.45, 7) is 0.799. The Hall–Kier alpha value is -2.13. The van der Waals surface area contributed by atoms with Crippen LogP contribution >= 0.6 is 0 Å². The van der Waals surface area contributed by atoms with Gasteiger partial charge in [-0.2, -0.15) is 0 Å². The number of carbonyl (C=O) groups is 1. The standard InChI is InChI=1S/C18H20N2O/c1-19-13-14-6-5-9-16(12-14)20-17(21)18(10-11-18)15-7-3-2-4-8-15/h2-9,12,19H,10-11,13H2,1H3,(H,20,21). The predicted molar refractivity (Wildman–Crippen MR) is 85.2 cm³/mol. The Morgan fingerprint density at radius 2 is 1.86 bits per heavy atom. The summed E-state index contributed by atoms with van der Waals surface area (Å²) in [5.74, 6) is 0.107. The summed E-state index contributed by atoms with van der Waals surface area (Å²) in [6.07, 6.45) is 1.86. The molecule has 1 fully saturated rings. The molecule has 1 amide bonds. The monoisotopic (exact) mass is 280 g/mol. The first-order valence-electron chi connectivity index (χ1n) is 7.35. The molecule has 0 aliphatic heterocycles. The van der Waals surface area contributed by atoms with E-state index in [0.717, 1.165) is 30.6 Å². The Morgan fingerprint density at radius 3 is 2.52 bits per heavy atom. The van der Waals surface area contributed by atoms with Crippen LogP contribution in [0.25, 0.3) is 0 Å². The minimum atomic E-state index is -0.319. The number of rotatable bonds is 5. The maximum absolute atomic E-state index is 12.6. The van der Waals surface area contributed by atoms with E-state index in [2.05, 4.69) is 16.7 Å². The van der Waals surface area contributed by atoms with Crippen molar-refractivity contribution in [3.63, 3.8) is 0 Å². The molecule has 0 bridgehead atoms. The first kappa shape index (κ1) is 13.8. The Morgan fingerprint density at radius 1 is 1.10 bits per heavy atom. The number of carbonyl (C=O) groups excluding carboxylic acids is 1. The fraction of sp³-hybridized carbons (Fsp3) is 0.278. The molecule has 3 heteroatoms. The van der Waals surface area contributed by atoms with E-state index in [1.54, 1.807) is 0 Å². The van der Waals surface area contributed by atoms with Crippen LogP contribution in [0.3, 0.4) is 0 Å². The molecule has 0 heterocycles. The first-order chi connectivity index (χ1) is 10.2. The van der Waals surface area contributed by atoms with Crippen LogP contribution in [0.2, 0.25) is 0 Å². The molecule has 0 radical (unpaired) electrons. The average Bonchev–Trinajstić information content (AvgIpc) is 3.31. The maximum Gasteiger partial charge on any atom is 0.235 e. The molecule has 21 heavy (non-hydrogen) atoms. The second-order valence-electron chi connectivity index (χ2n) is 5.63. The van der Waals surface area contributed by atoms with Gasteiger partial charge in [-0.15, -0.1) is 0 Å². The van der Waals surface area contributed by atoms with E-state index in [-0.39, 0.29) is 11.3 Å². The molecule has 0 spiro atoms. The second kappa shape index (κ2) is 5.70. The van der Waals surface area contributed by atoms with Gasteiger partial charge in [0.25, 0.3) is 0 Å². The van der Waals surface area contributed by atoms with Crippen LogP contribution in [0.4, 0.5) is 5.69 Å². The van der Waals surface area contributed by atoms with Gasteiger partial charge in [0.2, 0.25) is 5.91 Å². The third-order valence-corrected chi connectivity index (χ3v) is 4.08. The number of hydrogen-bond acceptors (Lipinski definition) is 2. The molecule has 0 saturated heterocycles. The van der Waals surface area contributed by atoms with Crippen LogP contribution in [0.5, 0.6) is 0 Å². The van der Waals surface area contributed by atoms with Crippen molar-refractivity contribution in [2.75, 3.05) is 12.4 Å². The van der Waals surface area contributed by atoms with Crippen molar-refractivity contribution < 1.29 is 4.79 Å². The van der Waals surface area contributed by atoms with Crippen LogP contribution in [0, 0.1) is 0 Å². The van der Waals surface area contributed by atoms with Gasteiger partial charge in [-0.25, -0.2) is 0 Å². The highest BCUT2D eigenvalue weighted by atomic mass is 16.2. The third kappa shape index (κ3) is 2.83.